The van der Waals surface area contributed by atoms with Gasteiger partial charge in [0.25, 0.3) is 0 Å². The molecule has 2 heterocycles. The van der Waals surface area contributed by atoms with Crippen LogP contribution < -0.4 is 5.32 Å². The average molecular weight is 361 g/mol. The van der Waals surface area contributed by atoms with Gasteiger partial charge in [-0.3, -0.25) is 4.90 Å². The zero-order valence-corrected chi connectivity index (χ0v) is 16.1. The number of anilines is 1. The molecule has 6 heteroatoms. The molecule has 0 amide bonds. The van der Waals surface area contributed by atoms with Gasteiger partial charge in [0, 0.05) is 48.6 Å². The highest BCUT2D eigenvalue weighted by molar-refractivity contribution is 7.09. The number of aliphatic hydroxyl groups excluding tert-OH is 1. The highest BCUT2D eigenvalue weighted by Gasteiger charge is 2.30. The summed E-state index contributed by atoms with van der Waals surface area (Å²) < 4.78 is 4.48. The number of hydrogen-bond donors (Lipinski definition) is 2. The predicted molar refractivity (Wildman–Crippen MR) is 103 cm³/mol. The van der Waals surface area contributed by atoms with E-state index >= 15 is 0 Å². The Kier molecular flexibility index (Phi) is 5.71. The minimum Gasteiger partial charge on any atom is -0.396 e. The summed E-state index contributed by atoms with van der Waals surface area (Å²) in [6.07, 6.45) is 0.992. The first kappa shape index (κ1) is 18.3. The number of hydrogen-bond acceptors (Lipinski definition) is 6. The number of piperidine rings is 1. The van der Waals surface area contributed by atoms with Gasteiger partial charge in [-0.05, 0) is 18.5 Å². The van der Waals surface area contributed by atoms with Crippen LogP contribution in [0.1, 0.15) is 38.6 Å². The van der Waals surface area contributed by atoms with Crippen LogP contribution in [0.5, 0.6) is 0 Å². The van der Waals surface area contributed by atoms with Crippen molar-refractivity contribution in [3.05, 3.63) is 41.7 Å². The number of benzene rings is 1. The largest absolute Gasteiger partial charge is 0.396 e. The molecule has 1 aliphatic heterocycles. The third kappa shape index (κ3) is 4.77. The molecule has 1 aliphatic rings. The first-order chi connectivity index (χ1) is 12.0. The fourth-order valence-corrected chi connectivity index (χ4v) is 4.00. The van der Waals surface area contributed by atoms with Crippen molar-refractivity contribution in [1.29, 1.82) is 0 Å². The molecule has 1 fully saturated rings. The Labute approximate surface area is 154 Å². The summed E-state index contributed by atoms with van der Waals surface area (Å²) in [5.41, 5.74) is 1.29. The molecule has 2 N–H and O–H groups in total. The van der Waals surface area contributed by atoms with Gasteiger partial charge in [0.15, 0.2) is 0 Å². The van der Waals surface area contributed by atoms with Crippen molar-refractivity contribution in [2.75, 3.05) is 25.0 Å². The summed E-state index contributed by atoms with van der Waals surface area (Å²) in [5, 5.41) is 14.1. The zero-order valence-electron chi connectivity index (χ0n) is 15.3. The van der Waals surface area contributed by atoms with E-state index in [9.17, 15) is 5.11 Å². The van der Waals surface area contributed by atoms with Gasteiger partial charge in [0.05, 0.1) is 0 Å². The summed E-state index contributed by atoms with van der Waals surface area (Å²) in [6, 6.07) is 10.8. The molecule has 2 aromatic rings. The Morgan fingerprint density at radius 3 is 2.68 bits per heavy atom. The van der Waals surface area contributed by atoms with Crippen LogP contribution in [0.25, 0.3) is 0 Å². The Morgan fingerprint density at radius 1 is 1.28 bits per heavy atom. The van der Waals surface area contributed by atoms with Gasteiger partial charge in [-0.25, -0.2) is 4.98 Å². The van der Waals surface area contributed by atoms with Crippen LogP contribution in [-0.4, -0.2) is 45.1 Å². The molecule has 0 bridgehead atoms. The Morgan fingerprint density at radius 2 is 2.04 bits per heavy atom. The molecule has 1 aromatic heterocycles. The van der Waals surface area contributed by atoms with E-state index < -0.39 is 0 Å². The molecular formula is C19H28N4OS. The third-order valence-electron chi connectivity index (χ3n) is 4.73. The van der Waals surface area contributed by atoms with Crippen molar-refractivity contribution in [2.45, 2.75) is 45.2 Å². The second-order valence-corrected chi connectivity index (χ2v) is 8.63. The predicted octanol–water partition coefficient (Wildman–Crippen LogP) is 3.13. The SMILES string of the molecule is CC(C)(C)c1nsc(NC2CN(Cc3ccccc3)CCC2CO)n1. The van der Waals surface area contributed by atoms with Gasteiger partial charge in [-0.2, -0.15) is 4.37 Å². The Balaban J connectivity index is 1.66. The minimum absolute atomic E-state index is 0.0429. The van der Waals surface area contributed by atoms with Crippen LogP contribution in [0.4, 0.5) is 5.13 Å². The summed E-state index contributed by atoms with van der Waals surface area (Å²) in [4.78, 5) is 7.10. The van der Waals surface area contributed by atoms with E-state index in [0.29, 0.717) is 0 Å². The number of aliphatic hydroxyl groups is 1. The molecule has 25 heavy (non-hydrogen) atoms. The summed E-state index contributed by atoms with van der Waals surface area (Å²) in [7, 11) is 0. The van der Waals surface area contributed by atoms with Crippen molar-refractivity contribution in [3.8, 4) is 0 Å². The van der Waals surface area contributed by atoms with Crippen molar-refractivity contribution >= 4 is 16.7 Å². The van der Waals surface area contributed by atoms with E-state index in [1.807, 2.05) is 6.07 Å². The molecule has 1 saturated heterocycles. The molecule has 1 aromatic carbocycles. The molecule has 3 rings (SSSR count). The highest BCUT2D eigenvalue weighted by atomic mass is 32.1. The van der Waals surface area contributed by atoms with E-state index in [2.05, 4.69) is 64.6 Å². The summed E-state index contributed by atoms with van der Waals surface area (Å²) in [5.74, 6) is 1.13. The van der Waals surface area contributed by atoms with Crippen LogP contribution in [0.15, 0.2) is 30.3 Å². The second-order valence-electron chi connectivity index (χ2n) is 7.88. The maximum Gasteiger partial charge on any atom is 0.202 e. The third-order valence-corrected chi connectivity index (χ3v) is 5.38. The second kappa shape index (κ2) is 7.81. The van der Waals surface area contributed by atoms with Gasteiger partial charge in [0.2, 0.25) is 5.13 Å². The molecule has 0 spiro atoms. The maximum atomic E-state index is 9.76. The molecular weight excluding hydrogens is 332 g/mol. The van der Waals surface area contributed by atoms with Gasteiger partial charge < -0.3 is 10.4 Å². The van der Waals surface area contributed by atoms with Gasteiger partial charge in [-0.15, -0.1) is 0 Å². The number of aromatic nitrogens is 2. The molecule has 0 aliphatic carbocycles. The average Bonchev–Trinajstić information content (AvgIpc) is 3.05. The van der Waals surface area contributed by atoms with Crippen LogP contribution in [0.2, 0.25) is 0 Å². The summed E-state index contributed by atoms with van der Waals surface area (Å²) >= 11 is 1.42. The number of nitrogens with one attached hydrogen (secondary N) is 1. The zero-order chi connectivity index (χ0) is 17.9. The first-order valence-electron chi connectivity index (χ1n) is 8.93. The molecule has 2 atom stereocenters. The molecule has 2 unspecified atom stereocenters. The van der Waals surface area contributed by atoms with Crippen molar-refractivity contribution < 1.29 is 5.11 Å². The number of rotatable bonds is 5. The van der Waals surface area contributed by atoms with E-state index in [-0.39, 0.29) is 24.0 Å². The van der Waals surface area contributed by atoms with Crippen LogP contribution in [0.3, 0.4) is 0 Å². The highest BCUT2D eigenvalue weighted by Crippen LogP contribution is 2.26. The number of likely N-dealkylation sites (tertiary alicyclic amines) is 1. The van der Waals surface area contributed by atoms with Gasteiger partial charge in [0.1, 0.15) is 5.82 Å². The van der Waals surface area contributed by atoms with E-state index in [1.165, 1.54) is 17.1 Å². The molecule has 0 saturated carbocycles. The lowest BCUT2D eigenvalue weighted by Crippen LogP contribution is -2.48. The molecule has 0 radical (unpaired) electrons. The van der Waals surface area contributed by atoms with Crippen LogP contribution in [0, 0.1) is 5.92 Å². The fraction of sp³-hybridized carbons (Fsp3) is 0.579. The standard InChI is InChI=1S/C19H28N4OS/c1-19(2,3)17-21-18(25-22-17)20-16-12-23(10-9-15(16)13-24)11-14-7-5-4-6-8-14/h4-8,15-16,24H,9-13H2,1-3H3,(H,20,21,22). The van der Waals surface area contributed by atoms with Gasteiger partial charge in [-0.1, -0.05) is 51.1 Å². The van der Waals surface area contributed by atoms with Gasteiger partial charge >= 0.3 is 0 Å². The van der Waals surface area contributed by atoms with Crippen LogP contribution in [-0.2, 0) is 12.0 Å². The Hall–Kier alpha value is -1.50. The minimum atomic E-state index is -0.0429. The van der Waals surface area contributed by atoms with E-state index in [1.54, 1.807) is 0 Å². The van der Waals surface area contributed by atoms with E-state index in [4.69, 9.17) is 0 Å². The quantitative estimate of drug-likeness (QED) is 0.858. The van der Waals surface area contributed by atoms with Crippen molar-refractivity contribution in [2.24, 2.45) is 5.92 Å². The lowest BCUT2D eigenvalue weighted by molar-refractivity contribution is 0.115. The lowest BCUT2D eigenvalue weighted by Gasteiger charge is -2.38. The maximum absolute atomic E-state index is 9.76. The Bertz CT molecular complexity index is 668. The first-order valence-corrected chi connectivity index (χ1v) is 9.71. The normalized spacial score (nSPS) is 22.1. The molecule has 5 nitrogen and oxygen atoms in total. The fourth-order valence-electron chi connectivity index (χ4n) is 3.18. The topological polar surface area (TPSA) is 61.3 Å². The van der Waals surface area contributed by atoms with Crippen molar-refractivity contribution in [1.82, 2.24) is 14.3 Å². The van der Waals surface area contributed by atoms with Crippen LogP contribution >= 0.6 is 11.5 Å². The monoisotopic (exact) mass is 360 g/mol. The number of nitrogens with zero attached hydrogens (tertiary/aromatic N) is 3. The molecule has 136 valence electrons. The lowest BCUT2D eigenvalue weighted by atomic mass is 9.92. The van der Waals surface area contributed by atoms with Crippen molar-refractivity contribution in [3.63, 3.8) is 0 Å². The van der Waals surface area contributed by atoms with E-state index in [0.717, 1.165) is 37.0 Å². The summed E-state index contributed by atoms with van der Waals surface area (Å²) in [6.45, 7) is 9.45. The smallest absolute Gasteiger partial charge is 0.202 e.